The fourth-order valence-electron chi connectivity index (χ4n) is 2.44. The molecule has 2 rings (SSSR count). The Morgan fingerprint density at radius 3 is 2.56 bits per heavy atom. The van der Waals surface area contributed by atoms with Gasteiger partial charge in [-0.2, -0.15) is 13.2 Å². The number of aliphatic imine (C=N–C) groups is 1. The van der Waals surface area contributed by atoms with Gasteiger partial charge >= 0.3 is 6.18 Å². The molecular formula is C19H24F3IN4. The third-order valence-corrected chi connectivity index (χ3v) is 3.97. The van der Waals surface area contributed by atoms with E-state index in [4.69, 9.17) is 0 Å². The lowest BCUT2D eigenvalue weighted by molar-refractivity contribution is -0.137. The highest BCUT2D eigenvalue weighted by Gasteiger charge is 2.30. The van der Waals surface area contributed by atoms with Crippen molar-refractivity contribution in [2.45, 2.75) is 32.5 Å². The molecule has 0 aliphatic heterocycles. The number of nitrogens with one attached hydrogen (secondary N) is 2. The first-order valence-electron chi connectivity index (χ1n) is 8.35. The van der Waals surface area contributed by atoms with E-state index >= 15 is 0 Å². The number of hydrogen-bond acceptors (Lipinski definition) is 2. The van der Waals surface area contributed by atoms with Gasteiger partial charge in [0.15, 0.2) is 5.96 Å². The summed E-state index contributed by atoms with van der Waals surface area (Å²) >= 11 is 0. The lowest BCUT2D eigenvalue weighted by Gasteiger charge is -2.19. The molecule has 1 atom stereocenters. The molecule has 0 bridgehead atoms. The lowest BCUT2D eigenvalue weighted by Crippen LogP contribution is -2.39. The van der Waals surface area contributed by atoms with Gasteiger partial charge < -0.3 is 10.6 Å². The topological polar surface area (TPSA) is 49.3 Å². The quantitative estimate of drug-likeness (QED) is 0.368. The Morgan fingerprint density at radius 2 is 1.96 bits per heavy atom. The third kappa shape index (κ3) is 7.36. The Kier molecular flexibility index (Phi) is 9.01. The molecule has 2 aromatic rings. The van der Waals surface area contributed by atoms with E-state index in [-0.39, 0.29) is 30.0 Å². The minimum Gasteiger partial charge on any atom is -0.356 e. The van der Waals surface area contributed by atoms with Crippen molar-refractivity contribution in [2.24, 2.45) is 4.99 Å². The van der Waals surface area contributed by atoms with E-state index in [1.165, 1.54) is 6.07 Å². The summed E-state index contributed by atoms with van der Waals surface area (Å²) in [5, 5.41) is 6.28. The monoisotopic (exact) mass is 492 g/mol. The maximum absolute atomic E-state index is 12.9. The first-order valence-corrected chi connectivity index (χ1v) is 8.35. The Labute approximate surface area is 174 Å². The van der Waals surface area contributed by atoms with Crippen LogP contribution in [0.1, 0.15) is 35.3 Å². The summed E-state index contributed by atoms with van der Waals surface area (Å²) in [6.07, 6.45) is -1.75. The van der Waals surface area contributed by atoms with Gasteiger partial charge in [-0.25, -0.2) is 0 Å². The van der Waals surface area contributed by atoms with Crippen LogP contribution in [-0.2, 0) is 12.6 Å². The summed E-state index contributed by atoms with van der Waals surface area (Å²) in [7, 11) is 1.63. The fraction of sp³-hybridized carbons (Fsp3) is 0.368. The number of halogens is 4. The summed E-state index contributed by atoms with van der Waals surface area (Å²) in [4.78, 5) is 8.37. The highest BCUT2D eigenvalue weighted by Crippen LogP contribution is 2.30. The molecule has 1 aromatic heterocycles. The fourth-order valence-corrected chi connectivity index (χ4v) is 2.44. The van der Waals surface area contributed by atoms with E-state index in [1.54, 1.807) is 20.0 Å². The van der Waals surface area contributed by atoms with Crippen molar-refractivity contribution in [1.82, 2.24) is 15.6 Å². The van der Waals surface area contributed by atoms with E-state index in [0.717, 1.165) is 29.8 Å². The zero-order valence-corrected chi connectivity index (χ0v) is 17.8. The summed E-state index contributed by atoms with van der Waals surface area (Å²) in [6, 6.07) is 8.96. The number of guanidine groups is 1. The Bertz CT molecular complexity index is 745. The van der Waals surface area contributed by atoms with Crippen molar-refractivity contribution < 1.29 is 13.2 Å². The highest BCUT2D eigenvalue weighted by molar-refractivity contribution is 14.0. The molecule has 0 fully saturated rings. The van der Waals surface area contributed by atoms with Gasteiger partial charge in [-0.05, 0) is 49.6 Å². The number of benzene rings is 1. The summed E-state index contributed by atoms with van der Waals surface area (Å²) in [6.45, 7) is 4.37. The second kappa shape index (κ2) is 10.5. The molecule has 8 heteroatoms. The van der Waals surface area contributed by atoms with E-state index in [2.05, 4.69) is 20.6 Å². The Hall–Kier alpha value is -1.84. The predicted octanol–water partition coefficient (Wildman–Crippen LogP) is 4.50. The molecule has 1 aromatic carbocycles. The molecule has 1 unspecified atom stereocenters. The highest BCUT2D eigenvalue weighted by atomic mass is 127. The number of alkyl halides is 3. The molecular weight excluding hydrogens is 468 g/mol. The number of aromatic nitrogens is 1. The van der Waals surface area contributed by atoms with Gasteiger partial charge in [-0.1, -0.05) is 18.2 Å². The van der Waals surface area contributed by atoms with Crippen molar-refractivity contribution >= 4 is 29.9 Å². The minimum absolute atomic E-state index is 0. The molecule has 0 aliphatic carbocycles. The maximum Gasteiger partial charge on any atom is 0.416 e. The van der Waals surface area contributed by atoms with Crippen LogP contribution in [0.4, 0.5) is 13.2 Å². The first-order chi connectivity index (χ1) is 12.3. The summed E-state index contributed by atoms with van der Waals surface area (Å²) < 4.78 is 38.6. The number of nitrogens with zero attached hydrogens (tertiary/aromatic N) is 2. The zero-order chi connectivity index (χ0) is 19.2. The van der Waals surface area contributed by atoms with Crippen molar-refractivity contribution in [3.8, 4) is 0 Å². The standard InChI is InChI=1S/C19H23F3N4.HI/c1-13-7-8-15(12-25-13)9-10-24-18(23-3)26-14(2)16-5-4-6-17(11-16)19(20,21)22;/h4-8,11-12,14H,9-10H2,1-3H3,(H2,23,24,26);1H. The van der Waals surface area contributed by atoms with E-state index in [0.29, 0.717) is 18.1 Å². The molecule has 0 amide bonds. The molecule has 0 saturated carbocycles. The zero-order valence-electron chi connectivity index (χ0n) is 15.5. The first kappa shape index (κ1) is 23.2. The Morgan fingerprint density at radius 1 is 1.22 bits per heavy atom. The number of pyridine rings is 1. The molecule has 2 N–H and O–H groups in total. The largest absolute Gasteiger partial charge is 0.416 e. The van der Waals surface area contributed by atoms with Crippen LogP contribution < -0.4 is 10.6 Å². The van der Waals surface area contributed by atoms with Crippen LogP contribution in [0.25, 0.3) is 0 Å². The van der Waals surface area contributed by atoms with Gasteiger partial charge in [0.2, 0.25) is 0 Å². The van der Waals surface area contributed by atoms with Gasteiger partial charge in [0.05, 0.1) is 11.6 Å². The van der Waals surface area contributed by atoms with Gasteiger partial charge in [-0.3, -0.25) is 9.98 Å². The van der Waals surface area contributed by atoms with Crippen LogP contribution >= 0.6 is 24.0 Å². The normalized spacial score (nSPS) is 12.9. The minimum atomic E-state index is -4.35. The summed E-state index contributed by atoms with van der Waals surface area (Å²) in [5.74, 6) is 0.537. The smallest absolute Gasteiger partial charge is 0.356 e. The van der Waals surface area contributed by atoms with Crippen molar-refractivity contribution in [3.05, 3.63) is 65.0 Å². The molecule has 0 radical (unpaired) electrons. The Balaban J connectivity index is 0.00000364. The van der Waals surface area contributed by atoms with Crippen LogP contribution in [0.5, 0.6) is 0 Å². The van der Waals surface area contributed by atoms with E-state index in [1.807, 2.05) is 25.3 Å². The van der Waals surface area contributed by atoms with Crippen molar-refractivity contribution in [1.29, 1.82) is 0 Å². The molecule has 27 heavy (non-hydrogen) atoms. The number of rotatable bonds is 5. The van der Waals surface area contributed by atoms with Crippen LogP contribution in [-0.4, -0.2) is 24.5 Å². The van der Waals surface area contributed by atoms with Gasteiger partial charge in [0.1, 0.15) is 0 Å². The second-order valence-electron chi connectivity index (χ2n) is 6.05. The molecule has 0 spiro atoms. The van der Waals surface area contributed by atoms with Crippen molar-refractivity contribution in [3.63, 3.8) is 0 Å². The number of hydrogen-bond donors (Lipinski definition) is 2. The second-order valence-corrected chi connectivity index (χ2v) is 6.05. The predicted molar refractivity (Wildman–Crippen MR) is 112 cm³/mol. The van der Waals surface area contributed by atoms with Crippen LogP contribution in [0.2, 0.25) is 0 Å². The van der Waals surface area contributed by atoms with Gasteiger partial charge in [-0.15, -0.1) is 24.0 Å². The number of aryl methyl sites for hydroxylation is 1. The molecule has 4 nitrogen and oxygen atoms in total. The average Bonchev–Trinajstić information content (AvgIpc) is 2.61. The lowest BCUT2D eigenvalue weighted by atomic mass is 10.1. The molecule has 0 saturated heterocycles. The van der Waals surface area contributed by atoms with Crippen molar-refractivity contribution in [2.75, 3.05) is 13.6 Å². The molecule has 0 aliphatic rings. The molecule has 1 heterocycles. The van der Waals surface area contributed by atoms with E-state index in [9.17, 15) is 13.2 Å². The summed E-state index contributed by atoms with van der Waals surface area (Å²) in [5.41, 5.74) is 1.96. The van der Waals surface area contributed by atoms with Gasteiger partial charge in [0.25, 0.3) is 0 Å². The van der Waals surface area contributed by atoms with Crippen LogP contribution in [0.15, 0.2) is 47.6 Å². The average molecular weight is 492 g/mol. The SMILES string of the molecule is CN=C(NCCc1ccc(C)nc1)NC(C)c1cccc(C(F)(F)F)c1.I. The maximum atomic E-state index is 12.9. The molecule has 148 valence electrons. The van der Waals surface area contributed by atoms with Crippen LogP contribution in [0.3, 0.4) is 0 Å². The van der Waals surface area contributed by atoms with E-state index < -0.39 is 11.7 Å². The van der Waals surface area contributed by atoms with Gasteiger partial charge in [0, 0.05) is 25.5 Å². The third-order valence-electron chi connectivity index (χ3n) is 3.97. The van der Waals surface area contributed by atoms with Crippen LogP contribution in [0, 0.1) is 6.92 Å².